The van der Waals surface area contributed by atoms with Crippen molar-refractivity contribution in [1.82, 2.24) is 5.32 Å². The molecule has 1 N–H and O–H groups in total. The Labute approximate surface area is 57.1 Å². The molecule has 1 heteroatoms. The van der Waals surface area contributed by atoms with Crippen LogP contribution >= 0.6 is 0 Å². The van der Waals surface area contributed by atoms with Gasteiger partial charge in [0.15, 0.2) is 0 Å². The van der Waals surface area contributed by atoms with Gasteiger partial charge in [0.1, 0.15) is 0 Å². The molecule has 0 atom stereocenters. The summed E-state index contributed by atoms with van der Waals surface area (Å²) in [6, 6.07) is 0. The Morgan fingerprint density at radius 3 is 2.56 bits per heavy atom. The van der Waals surface area contributed by atoms with Gasteiger partial charge in [0.2, 0.25) is 0 Å². The molecule has 0 heterocycles. The summed E-state index contributed by atoms with van der Waals surface area (Å²) in [6.45, 7) is 9.12. The van der Waals surface area contributed by atoms with Gasteiger partial charge in [-0.05, 0) is 26.7 Å². The Morgan fingerprint density at radius 1 is 1.67 bits per heavy atom. The molecule has 0 unspecified atom stereocenters. The number of hydrogen-bond acceptors (Lipinski definition) is 1. The third-order valence-electron chi connectivity index (χ3n) is 1.82. The van der Waals surface area contributed by atoms with Gasteiger partial charge in [-0.1, -0.05) is 12.2 Å². The first-order chi connectivity index (χ1) is 4.12. The molecule has 9 heavy (non-hydrogen) atoms. The first kappa shape index (κ1) is 6.81. The van der Waals surface area contributed by atoms with Crippen LogP contribution in [0.3, 0.4) is 0 Å². The second-order valence-corrected chi connectivity index (χ2v) is 3.37. The van der Waals surface area contributed by atoms with Crippen LogP contribution in [0.4, 0.5) is 0 Å². The van der Waals surface area contributed by atoms with Crippen molar-refractivity contribution >= 4 is 0 Å². The summed E-state index contributed by atoms with van der Waals surface area (Å²) in [5.41, 5.74) is 1.70. The Hall–Kier alpha value is -0.300. The maximum absolute atomic E-state index is 3.82. The molecule has 0 spiro atoms. The van der Waals surface area contributed by atoms with Crippen molar-refractivity contribution in [3.05, 3.63) is 12.2 Å². The van der Waals surface area contributed by atoms with Gasteiger partial charge in [0, 0.05) is 12.1 Å². The van der Waals surface area contributed by atoms with Crippen LogP contribution in [0.25, 0.3) is 0 Å². The fourth-order valence-electron chi connectivity index (χ4n) is 0.729. The molecule has 0 bridgehead atoms. The van der Waals surface area contributed by atoms with Crippen LogP contribution in [0, 0.1) is 0 Å². The molecule has 1 saturated carbocycles. The van der Waals surface area contributed by atoms with Crippen LogP contribution in [0.15, 0.2) is 12.2 Å². The minimum atomic E-state index is 0.471. The van der Waals surface area contributed by atoms with E-state index in [1.165, 1.54) is 18.4 Å². The van der Waals surface area contributed by atoms with Crippen molar-refractivity contribution < 1.29 is 0 Å². The second-order valence-electron chi connectivity index (χ2n) is 3.37. The lowest BCUT2D eigenvalue weighted by molar-refractivity contribution is 0.567. The van der Waals surface area contributed by atoms with Gasteiger partial charge in [0.05, 0.1) is 0 Å². The Balaban J connectivity index is 2.12. The molecule has 0 aliphatic heterocycles. The van der Waals surface area contributed by atoms with E-state index in [2.05, 4.69) is 25.7 Å². The van der Waals surface area contributed by atoms with Crippen LogP contribution in [0.5, 0.6) is 0 Å². The summed E-state index contributed by atoms with van der Waals surface area (Å²) in [5.74, 6) is 0. The van der Waals surface area contributed by atoms with E-state index in [1.807, 2.05) is 0 Å². The molecule has 1 aliphatic carbocycles. The van der Waals surface area contributed by atoms with Crippen molar-refractivity contribution in [2.24, 2.45) is 0 Å². The fraction of sp³-hybridized carbons (Fsp3) is 0.750. The maximum Gasteiger partial charge on any atom is 0.0164 e. The predicted molar refractivity (Wildman–Crippen MR) is 40.5 cm³/mol. The topological polar surface area (TPSA) is 12.0 Å². The van der Waals surface area contributed by atoms with Crippen molar-refractivity contribution in [3.63, 3.8) is 0 Å². The van der Waals surface area contributed by atoms with Crippen molar-refractivity contribution in [1.29, 1.82) is 0 Å². The van der Waals surface area contributed by atoms with Crippen molar-refractivity contribution in [3.8, 4) is 0 Å². The molecule has 0 aromatic heterocycles. The highest BCUT2D eigenvalue weighted by Gasteiger charge is 2.35. The Morgan fingerprint density at radius 2 is 2.22 bits per heavy atom. The second kappa shape index (κ2) is 2.14. The van der Waals surface area contributed by atoms with Crippen molar-refractivity contribution in [2.75, 3.05) is 6.54 Å². The number of nitrogens with one attached hydrogen (secondary N) is 1. The van der Waals surface area contributed by atoms with E-state index in [0.29, 0.717) is 5.54 Å². The third-order valence-corrected chi connectivity index (χ3v) is 1.82. The molecule has 0 amide bonds. The zero-order valence-corrected chi connectivity index (χ0v) is 6.33. The quantitative estimate of drug-likeness (QED) is 0.566. The number of hydrogen-bond donors (Lipinski definition) is 1. The predicted octanol–water partition coefficient (Wildman–Crippen LogP) is 1.70. The van der Waals surface area contributed by atoms with Gasteiger partial charge >= 0.3 is 0 Å². The molecule has 0 radical (unpaired) electrons. The maximum atomic E-state index is 3.82. The standard InChI is InChI=1S/C8H15N/c1-7(2)6-9-8(3)4-5-8/h9H,1,4-6H2,2-3H3. The molecule has 1 fully saturated rings. The van der Waals surface area contributed by atoms with Gasteiger partial charge in [-0.25, -0.2) is 0 Å². The molecule has 1 nitrogen and oxygen atoms in total. The normalized spacial score (nSPS) is 21.6. The molecule has 0 saturated heterocycles. The van der Waals surface area contributed by atoms with Gasteiger partial charge < -0.3 is 5.32 Å². The average Bonchev–Trinajstić information content (AvgIpc) is 2.45. The smallest absolute Gasteiger partial charge is 0.0164 e. The first-order valence-corrected chi connectivity index (χ1v) is 3.52. The van der Waals surface area contributed by atoms with Crippen molar-refractivity contribution in [2.45, 2.75) is 32.2 Å². The van der Waals surface area contributed by atoms with Gasteiger partial charge in [0.25, 0.3) is 0 Å². The molecule has 1 rings (SSSR count). The van der Waals surface area contributed by atoms with E-state index in [-0.39, 0.29) is 0 Å². The van der Waals surface area contributed by atoms with Gasteiger partial charge in [-0.3, -0.25) is 0 Å². The van der Waals surface area contributed by atoms with Gasteiger partial charge in [-0.15, -0.1) is 0 Å². The van der Waals surface area contributed by atoms with Crippen LogP contribution in [-0.2, 0) is 0 Å². The van der Waals surface area contributed by atoms with E-state index < -0.39 is 0 Å². The molecular formula is C8H15N. The molecule has 52 valence electrons. The van der Waals surface area contributed by atoms with Crippen LogP contribution < -0.4 is 5.32 Å². The van der Waals surface area contributed by atoms with Crippen LogP contribution in [-0.4, -0.2) is 12.1 Å². The van der Waals surface area contributed by atoms with Gasteiger partial charge in [-0.2, -0.15) is 0 Å². The minimum Gasteiger partial charge on any atom is -0.308 e. The van der Waals surface area contributed by atoms with E-state index >= 15 is 0 Å². The SMILES string of the molecule is C=C(C)CNC1(C)CC1. The Bertz CT molecular complexity index is 123. The van der Waals surface area contributed by atoms with E-state index in [9.17, 15) is 0 Å². The summed E-state index contributed by atoms with van der Waals surface area (Å²) < 4.78 is 0. The van der Waals surface area contributed by atoms with E-state index in [1.54, 1.807) is 0 Å². The highest BCUT2D eigenvalue weighted by Crippen LogP contribution is 2.34. The molecular weight excluding hydrogens is 110 g/mol. The lowest BCUT2D eigenvalue weighted by Gasteiger charge is -2.09. The third kappa shape index (κ3) is 2.19. The number of rotatable bonds is 3. The molecule has 0 aromatic carbocycles. The summed E-state index contributed by atoms with van der Waals surface area (Å²) in [5, 5.41) is 3.43. The average molecular weight is 125 g/mol. The summed E-state index contributed by atoms with van der Waals surface area (Å²) in [6.07, 6.45) is 2.67. The Kier molecular flexibility index (Phi) is 1.62. The highest BCUT2D eigenvalue weighted by atomic mass is 15.0. The first-order valence-electron chi connectivity index (χ1n) is 3.52. The lowest BCUT2D eigenvalue weighted by Crippen LogP contribution is -2.28. The van der Waals surface area contributed by atoms with E-state index in [0.717, 1.165) is 6.54 Å². The zero-order valence-electron chi connectivity index (χ0n) is 6.33. The zero-order chi connectivity index (χ0) is 6.91. The summed E-state index contributed by atoms with van der Waals surface area (Å²) in [7, 11) is 0. The molecule has 1 aliphatic rings. The molecule has 0 aromatic rings. The van der Waals surface area contributed by atoms with Crippen LogP contribution in [0.1, 0.15) is 26.7 Å². The monoisotopic (exact) mass is 125 g/mol. The minimum absolute atomic E-state index is 0.471. The summed E-state index contributed by atoms with van der Waals surface area (Å²) in [4.78, 5) is 0. The largest absolute Gasteiger partial charge is 0.308 e. The van der Waals surface area contributed by atoms with E-state index in [4.69, 9.17) is 0 Å². The highest BCUT2D eigenvalue weighted by molar-refractivity contribution is 5.02. The lowest BCUT2D eigenvalue weighted by atomic mass is 10.3. The summed E-state index contributed by atoms with van der Waals surface area (Å²) >= 11 is 0. The fourth-order valence-corrected chi connectivity index (χ4v) is 0.729. The van der Waals surface area contributed by atoms with Crippen LogP contribution in [0.2, 0.25) is 0 Å².